The first kappa shape index (κ1) is 44.8. The Morgan fingerprint density at radius 1 is 0.782 bits per heavy atom. The van der Waals surface area contributed by atoms with Gasteiger partial charge in [-0.25, -0.2) is 4.79 Å². The van der Waals surface area contributed by atoms with E-state index in [1.165, 1.54) is 6.08 Å². The highest BCUT2D eigenvalue weighted by Gasteiger charge is 2.39. The van der Waals surface area contributed by atoms with Gasteiger partial charge >= 0.3 is 5.97 Å². The van der Waals surface area contributed by atoms with Crippen molar-refractivity contribution in [3.8, 4) is 0 Å². The van der Waals surface area contributed by atoms with E-state index in [1.54, 1.807) is 25.2 Å². The van der Waals surface area contributed by atoms with E-state index in [9.17, 15) is 25.2 Å². The summed E-state index contributed by atoms with van der Waals surface area (Å²) in [6.45, 7) is 12.2. The molecule has 2 fully saturated rings. The topological polar surface area (TPSA) is 144 Å². The van der Waals surface area contributed by atoms with Gasteiger partial charge < -0.3 is 44.1 Å². The molecule has 55 heavy (non-hydrogen) atoms. The largest absolute Gasteiger partial charge is 0.452 e. The highest BCUT2D eigenvalue weighted by molar-refractivity contribution is 5.82. The Morgan fingerprint density at radius 2 is 1.53 bits per heavy atom. The monoisotopic (exact) mass is 766 g/mol. The standard InChI is InChI=1S/C45H66O10/c1-29(2)40-28-41-38(54-40)21-14-10-11-15-22-43(49)55-39-24-23-34(52-45(39)31(4)26-30(3)33(6)46)18-12-8-7-9-13-19-35(47)44(50)42-27-36(48)32(5)37(53-42)20-16-17-25-51-41/h8,10-17,19,21-24,26,29-30,32-42,44-48,50H,7,9,18,20,25,27-28H2,1-6H3/b11-10-,12-8+,17-16+,19-13+,21-14+,22-15-,31-26+/t30-,32?,33-,34+,35+,36+,37?,38-,39+,40?,41+,42-,44-,45+/m1/s1. The summed E-state index contributed by atoms with van der Waals surface area (Å²) in [5.74, 6) is -0.398. The first-order valence-electron chi connectivity index (χ1n) is 20.2. The van der Waals surface area contributed by atoms with Crippen molar-refractivity contribution in [1.29, 1.82) is 0 Å². The fourth-order valence-electron chi connectivity index (χ4n) is 7.16. The Morgan fingerprint density at radius 3 is 2.29 bits per heavy atom. The maximum absolute atomic E-state index is 12.9. The van der Waals surface area contributed by atoms with E-state index in [2.05, 4.69) is 13.8 Å². The van der Waals surface area contributed by atoms with E-state index in [1.807, 2.05) is 87.6 Å². The summed E-state index contributed by atoms with van der Waals surface area (Å²) in [6, 6.07) is 0. The number of rotatable bonds is 4. The lowest BCUT2D eigenvalue weighted by Gasteiger charge is -2.40. The van der Waals surface area contributed by atoms with Crippen LogP contribution in [0.5, 0.6) is 0 Å². The van der Waals surface area contributed by atoms with Gasteiger partial charge in [0.15, 0.2) is 6.10 Å². The van der Waals surface area contributed by atoms with Gasteiger partial charge in [-0.15, -0.1) is 0 Å². The molecule has 5 aliphatic rings. The molecule has 2 saturated heterocycles. The third-order valence-electron chi connectivity index (χ3n) is 11.0. The van der Waals surface area contributed by atoms with Crippen LogP contribution < -0.4 is 0 Å². The summed E-state index contributed by atoms with van der Waals surface area (Å²) >= 11 is 0. The maximum Gasteiger partial charge on any atom is 0.331 e. The number of esters is 1. The van der Waals surface area contributed by atoms with Crippen LogP contribution >= 0.6 is 0 Å². The zero-order chi connectivity index (χ0) is 39.9. The van der Waals surface area contributed by atoms with E-state index in [0.29, 0.717) is 31.8 Å². The fraction of sp³-hybridized carbons (Fsp3) is 0.622. The van der Waals surface area contributed by atoms with Crippen LogP contribution in [0.1, 0.15) is 80.1 Å². The lowest BCUT2D eigenvalue weighted by molar-refractivity contribution is -0.175. The smallest absolute Gasteiger partial charge is 0.331 e. The zero-order valence-corrected chi connectivity index (χ0v) is 33.5. The Bertz CT molecular complexity index is 1420. The number of aliphatic hydroxyl groups excluding tert-OH is 4. The average molecular weight is 767 g/mol. The molecule has 5 rings (SSSR count). The number of hydrogen-bond acceptors (Lipinski definition) is 10. The highest BCUT2D eigenvalue weighted by Crippen LogP contribution is 2.32. The molecule has 10 heteroatoms. The molecule has 10 nitrogen and oxygen atoms in total. The van der Waals surface area contributed by atoms with Crippen LogP contribution in [-0.4, -0.2) is 106 Å². The summed E-state index contributed by atoms with van der Waals surface area (Å²) in [5, 5.41) is 42.6. The van der Waals surface area contributed by atoms with Gasteiger partial charge in [0.1, 0.15) is 24.4 Å². The van der Waals surface area contributed by atoms with Gasteiger partial charge in [0.05, 0.1) is 49.3 Å². The minimum Gasteiger partial charge on any atom is -0.452 e. The van der Waals surface area contributed by atoms with Gasteiger partial charge in [0.2, 0.25) is 0 Å². The summed E-state index contributed by atoms with van der Waals surface area (Å²) in [6.07, 6.45) is 25.0. The van der Waals surface area contributed by atoms with E-state index in [0.717, 1.165) is 18.4 Å². The number of aliphatic hydroxyl groups is 4. The molecule has 0 aromatic rings. The molecule has 0 spiro atoms. The maximum atomic E-state index is 12.9. The highest BCUT2D eigenvalue weighted by atomic mass is 16.6. The van der Waals surface area contributed by atoms with E-state index in [4.69, 9.17) is 23.7 Å². The Labute approximate surface area is 328 Å². The second kappa shape index (κ2) is 22.7. The quantitative estimate of drug-likeness (QED) is 0.194. The average Bonchev–Trinajstić information content (AvgIpc) is 3.56. The van der Waals surface area contributed by atoms with Crippen molar-refractivity contribution in [2.24, 2.45) is 17.8 Å². The van der Waals surface area contributed by atoms with Crippen molar-refractivity contribution in [2.45, 2.75) is 153 Å². The third kappa shape index (κ3) is 14.2. The summed E-state index contributed by atoms with van der Waals surface area (Å²) in [5.41, 5.74) is 0.872. The molecule has 4 N–H and O–H groups in total. The van der Waals surface area contributed by atoms with Gasteiger partial charge in [-0.3, -0.25) is 0 Å². The summed E-state index contributed by atoms with van der Waals surface area (Å²) < 4.78 is 31.1. The van der Waals surface area contributed by atoms with Crippen LogP contribution in [0.2, 0.25) is 0 Å². The van der Waals surface area contributed by atoms with Crippen LogP contribution in [0.15, 0.2) is 96.7 Å². The molecule has 0 saturated carbocycles. The molecule has 14 atom stereocenters. The molecule has 5 aliphatic heterocycles. The van der Waals surface area contributed by atoms with Crippen molar-refractivity contribution in [3.63, 3.8) is 0 Å². The van der Waals surface area contributed by atoms with Crippen LogP contribution in [-0.2, 0) is 28.5 Å². The number of carbonyl (C=O) groups excluding carboxylic acids is 1. The van der Waals surface area contributed by atoms with Gasteiger partial charge in [0, 0.05) is 30.8 Å². The minimum absolute atomic E-state index is 0.0683. The number of hydrogen-bond donors (Lipinski definition) is 4. The normalized spacial score (nSPS) is 40.9. The number of fused-ring (bicyclic) bond motifs is 14. The molecule has 0 amide bonds. The third-order valence-corrected chi connectivity index (χ3v) is 11.0. The predicted molar refractivity (Wildman–Crippen MR) is 214 cm³/mol. The minimum atomic E-state index is -1.17. The van der Waals surface area contributed by atoms with Crippen LogP contribution in [0, 0.1) is 17.8 Å². The SMILES string of the molecule is C/C(=C\[C@@H](C)[C@@H](C)O)[C@@H]1O[C@@H]2C=C[C@@H]1OC(=O)\C=C/C=C\C=C\[C@H]1OC(C(C)C)C[C@@H]1OC/C=C/CC1O[C@H](C[C@H](O)C1C)[C@H](O)[C@@H](O)/C=C/CC/C=C/C2. The van der Waals surface area contributed by atoms with E-state index in [-0.39, 0.29) is 48.8 Å². The van der Waals surface area contributed by atoms with Crippen molar-refractivity contribution < 1.29 is 48.9 Å². The molecular formula is C45H66O10. The summed E-state index contributed by atoms with van der Waals surface area (Å²) in [4.78, 5) is 12.9. The number of allylic oxidation sites excluding steroid dienone is 6. The summed E-state index contributed by atoms with van der Waals surface area (Å²) in [7, 11) is 0. The lowest BCUT2D eigenvalue weighted by Crippen LogP contribution is -2.50. The second-order valence-corrected chi connectivity index (χ2v) is 15.8. The Balaban J connectivity index is 1.50. The molecule has 0 aliphatic carbocycles. The van der Waals surface area contributed by atoms with Crippen molar-refractivity contribution in [1.82, 2.24) is 0 Å². The van der Waals surface area contributed by atoms with Gasteiger partial charge in [0.25, 0.3) is 0 Å². The fourth-order valence-corrected chi connectivity index (χ4v) is 7.16. The van der Waals surface area contributed by atoms with Gasteiger partial charge in [-0.05, 0) is 57.1 Å². The van der Waals surface area contributed by atoms with Crippen molar-refractivity contribution >= 4 is 5.97 Å². The number of carbonyl (C=O) groups is 1. The van der Waals surface area contributed by atoms with Gasteiger partial charge in [-0.2, -0.15) is 0 Å². The molecule has 5 heterocycles. The predicted octanol–water partition coefficient (Wildman–Crippen LogP) is 6.17. The molecule has 0 radical (unpaired) electrons. The van der Waals surface area contributed by atoms with E-state index < -0.39 is 48.7 Å². The van der Waals surface area contributed by atoms with Crippen LogP contribution in [0.3, 0.4) is 0 Å². The van der Waals surface area contributed by atoms with Gasteiger partial charge in [-0.1, -0.05) is 107 Å². The van der Waals surface area contributed by atoms with Crippen molar-refractivity contribution in [3.05, 3.63) is 96.7 Å². The Kier molecular flexibility index (Phi) is 18.5. The molecule has 4 bridgehead atoms. The van der Waals surface area contributed by atoms with Crippen LogP contribution in [0.25, 0.3) is 0 Å². The number of ether oxygens (including phenoxy) is 5. The molecular weight excluding hydrogens is 700 g/mol. The first-order chi connectivity index (χ1) is 26.3. The lowest BCUT2D eigenvalue weighted by atomic mass is 9.86. The molecule has 306 valence electrons. The van der Waals surface area contributed by atoms with Crippen LogP contribution in [0.4, 0.5) is 0 Å². The molecule has 3 unspecified atom stereocenters. The second-order valence-electron chi connectivity index (χ2n) is 15.8. The Hall–Kier alpha value is -2.93. The molecule has 0 aromatic carbocycles. The first-order valence-corrected chi connectivity index (χ1v) is 20.2. The van der Waals surface area contributed by atoms with Crippen molar-refractivity contribution in [2.75, 3.05) is 6.61 Å². The molecule has 0 aromatic heterocycles. The zero-order valence-electron chi connectivity index (χ0n) is 33.5. The van der Waals surface area contributed by atoms with E-state index >= 15 is 0 Å².